The van der Waals surface area contributed by atoms with Gasteiger partial charge in [-0.05, 0) is 61.1 Å². The van der Waals surface area contributed by atoms with Crippen molar-refractivity contribution >= 4 is 11.5 Å². The Morgan fingerprint density at radius 2 is 1.87 bits per heavy atom. The van der Waals surface area contributed by atoms with Crippen molar-refractivity contribution in [2.45, 2.75) is 77.4 Å². The summed E-state index contributed by atoms with van der Waals surface area (Å²) in [4.78, 5) is 11.3. The first-order chi connectivity index (χ1) is 14.7. The molecule has 0 unspecified atom stereocenters. The van der Waals surface area contributed by atoms with E-state index in [2.05, 4.69) is 61.7 Å². The van der Waals surface area contributed by atoms with Gasteiger partial charge in [-0.15, -0.1) is 0 Å². The Balaban J connectivity index is 1.82. The van der Waals surface area contributed by atoms with E-state index in [0.717, 1.165) is 61.2 Å². The van der Waals surface area contributed by atoms with Crippen LogP contribution in [-0.2, 0) is 11.8 Å². The summed E-state index contributed by atoms with van der Waals surface area (Å²) in [6, 6.07) is 4.60. The molecule has 2 aliphatic carbocycles. The number of ether oxygens (including phenoxy) is 1. The Kier molecular flexibility index (Phi) is 5.86. The lowest BCUT2D eigenvalue weighted by Gasteiger charge is -2.38. The molecule has 31 heavy (non-hydrogen) atoms. The summed E-state index contributed by atoms with van der Waals surface area (Å²) < 4.78 is 6.63. The molecule has 6 nitrogen and oxygen atoms in total. The van der Waals surface area contributed by atoms with E-state index < -0.39 is 0 Å². The van der Waals surface area contributed by atoms with E-state index in [4.69, 9.17) is 16.2 Å². The maximum atomic E-state index is 6.63. The van der Waals surface area contributed by atoms with Gasteiger partial charge in [-0.1, -0.05) is 27.7 Å². The number of nitrogens with zero attached hydrogens (tertiary/aromatic N) is 3. The topological polar surface area (TPSA) is 90.3 Å². The van der Waals surface area contributed by atoms with Crippen molar-refractivity contribution in [1.29, 1.82) is 0 Å². The molecule has 0 aliphatic heterocycles. The standard InChI is InChI=1S/C25H37N5O/c1-15(2)13-30(5)23-19-12-25(3,4)21-22(28-14-29-24(21)27)18(19)10-11-20(23)31-17-8-6-16(26)7-9-17/h10-11,14-17H,6-9,12-13,26H2,1-5H3,(H2,27,28,29). The second kappa shape index (κ2) is 8.30. The normalized spacial score (nSPS) is 22.0. The third-order valence-corrected chi connectivity index (χ3v) is 6.71. The van der Waals surface area contributed by atoms with Crippen LogP contribution in [0.3, 0.4) is 0 Å². The van der Waals surface area contributed by atoms with Gasteiger partial charge >= 0.3 is 0 Å². The van der Waals surface area contributed by atoms with Crippen molar-refractivity contribution < 1.29 is 4.74 Å². The van der Waals surface area contributed by atoms with Crippen LogP contribution in [0.1, 0.15) is 64.5 Å². The molecular weight excluding hydrogens is 386 g/mol. The average molecular weight is 424 g/mol. The predicted octanol–water partition coefficient (Wildman–Crippen LogP) is 4.30. The molecule has 1 fully saturated rings. The molecule has 0 radical (unpaired) electrons. The van der Waals surface area contributed by atoms with E-state index in [0.29, 0.717) is 17.8 Å². The first-order valence-electron chi connectivity index (χ1n) is 11.6. The number of hydrogen-bond acceptors (Lipinski definition) is 6. The zero-order valence-corrected chi connectivity index (χ0v) is 19.6. The highest BCUT2D eigenvalue weighted by atomic mass is 16.5. The van der Waals surface area contributed by atoms with Gasteiger partial charge in [0.05, 0.1) is 17.5 Å². The summed E-state index contributed by atoms with van der Waals surface area (Å²) in [5.41, 5.74) is 17.9. The van der Waals surface area contributed by atoms with Crippen molar-refractivity contribution in [2.24, 2.45) is 11.7 Å². The molecule has 0 spiro atoms. The zero-order valence-electron chi connectivity index (χ0n) is 19.6. The molecule has 0 atom stereocenters. The van der Waals surface area contributed by atoms with Crippen molar-refractivity contribution in [2.75, 3.05) is 24.2 Å². The third kappa shape index (κ3) is 4.22. The van der Waals surface area contributed by atoms with E-state index in [1.165, 1.54) is 11.3 Å². The maximum Gasteiger partial charge on any atom is 0.143 e. The van der Waals surface area contributed by atoms with Gasteiger partial charge < -0.3 is 21.1 Å². The minimum Gasteiger partial charge on any atom is -0.488 e. The Morgan fingerprint density at radius 1 is 1.16 bits per heavy atom. The van der Waals surface area contributed by atoms with E-state index in [9.17, 15) is 0 Å². The third-order valence-electron chi connectivity index (χ3n) is 6.71. The fourth-order valence-electron chi connectivity index (χ4n) is 5.36. The molecule has 2 aliphatic rings. The van der Waals surface area contributed by atoms with Gasteiger partial charge in [0.2, 0.25) is 0 Å². The van der Waals surface area contributed by atoms with Crippen molar-refractivity contribution in [3.05, 3.63) is 29.6 Å². The average Bonchev–Trinajstić information content (AvgIpc) is 2.68. The van der Waals surface area contributed by atoms with Crippen LogP contribution in [0.5, 0.6) is 5.75 Å². The lowest BCUT2D eigenvalue weighted by molar-refractivity contribution is 0.147. The lowest BCUT2D eigenvalue weighted by Crippen LogP contribution is -2.33. The molecular formula is C25H37N5O. The molecule has 4 rings (SSSR count). The molecule has 2 aromatic rings. The molecule has 0 amide bonds. The minimum absolute atomic E-state index is 0.155. The molecule has 168 valence electrons. The molecule has 1 heterocycles. The highest BCUT2D eigenvalue weighted by Crippen LogP contribution is 2.49. The van der Waals surface area contributed by atoms with Gasteiger partial charge in [0.1, 0.15) is 17.9 Å². The first kappa shape index (κ1) is 21.9. The predicted molar refractivity (Wildman–Crippen MR) is 128 cm³/mol. The largest absolute Gasteiger partial charge is 0.488 e. The quantitative estimate of drug-likeness (QED) is 0.745. The van der Waals surface area contributed by atoms with Gasteiger partial charge in [0.15, 0.2) is 0 Å². The van der Waals surface area contributed by atoms with E-state index in [1.807, 2.05) is 0 Å². The highest BCUT2D eigenvalue weighted by Gasteiger charge is 2.37. The zero-order chi connectivity index (χ0) is 22.3. The van der Waals surface area contributed by atoms with E-state index in [1.54, 1.807) is 6.33 Å². The second-order valence-electron chi connectivity index (χ2n) is 10.4. The van der Waals surface area contributed by atoms with Crippen molar-refractivity contribution in [3.8, 4) is 17.0 Å². The van der Waals surface area contributed by atoms with Crippen molar-refractivity contribution in [3.63, 3.8) is 0 Å². The molecule has 1 aromatic heterocycles. The SMILES string of the molecule is CC(C)CN(C)c1c(OC2CCC(N)CC2)ccc2c1CC(C)(C)c1c(N)ncnc1-2. The van der Waals surface area contributed by atoms with E-state index in [-0.39, 0.29) is 11.5 Å². The van der Waals surface area contributed by atoms with Crippen LogP contribution in [0.25, 0.3) is 11.3 Å². The van der Waals surface area contributed by atoms with Gasteiger partial charge in [0.25, 0.3) is 0 Å². The molecule has 4 N–H and O–H groups in total. The van der Waals surface area contributed by atoms with Crippen LogP contribution in [-0.4, -0.2) is 35.7 Å². The summed E-state index contributed by atoms with van der Waals surface area (Å²) in [5.74, 6) is 2.10. The number of rotatable bonds is 5. The van der Waals surface area contributed by atoms with Crippen LogP contribution in [0, 0.1) is 5.92 Å². The molecule has 1 aromatic carbocycles. The van der Waals surface area contributed by atoms with Gasteiger partial charge in [-0.25, -0.2) is 9.97 Å². The summed E-state index contributed by atoms with van der Waals surface area (Å²) in [6.45, 7) is 9.93. The summed E-state index contributed by atoms with van der Waals surface area (Å²) in [6.07, 6.45) is 6.77. The first-order valence-corrected chi connectivity index (χ1v) is 11.6. The Labute approximate surface area is 186 Å². The number of aromatic nitrogens is 2. The molecule has 0 bridgehead atoms. The van der Waals surface area contributed by atoms with Crippen LogP contribution < -0.4 is 21.1 Å². The van der Waals surface area contributed by atoms with E-state index >= 15 is 0 Å². The fourth-order valence-corrected chi connectivity index (χ4v) is 5.36. The number of hydrogen-bond donors (Lipinski definition) is 2. The fraction of sp³-hybridized carbons (Fsp3) is 0.600. The maximum absolute atomic E-state index is 6.63. The van der Waals surface area contributed by atoms with Gasteiger partial charge in [-0.3, -0.25) is 0 Å². The number of nitrogens with two attached hydrogens (primary N) is 2. The monoisotopic (exact) mass is 423 g/mol. The minimum atomic E-state index is -0.155. The smallest absolute Gasteiger partial charge is 0.143 e. The van der Waals surface area contributed by atoms with Gasteiger partial charge in [0, 0.05) is 30.8 Å². The number of anilines is 2. The van der Waals surface area contributed by atoms with Crippen LogP contribution >= 0.6 is 0 Å². The lowest BCUT2D eigenvalue weighted by atomic mass is 9.71. The highest BCUT2D eigenvalue weighted by molar-refractivity contribution is 5.83. The Hall–Kier alpha value is -2.34. The van der Waals surface area contributed by atoms with Gasteiger partial charge in [-0.2, -0.15) is 0 Å². The Bertz CT molecular complexity index is 947. The molecule has 0 saturated heterocycles. The molecule has 1 saturated carbocycles. The summed E-state index contributed by atoms with van der Waals surface area (Å²) >= 11 is 0. The second-order valence-corrected chi connectivity index (χ2v) is 10.4. The number of benzene rings is 1. The van der Waals surface area contributed by atoms with Crippen LogP contribution in [0.2, 0.25) is 0 Å². The Morgan fingerprint density at radius 3 is 2.55 bits per heavy atom. The van der Waals surface area contributed by atoms with Crippen LogP contribution in [0.4, 0.5) is 11.5 Å². The van der Waals surface area contributed by atoms with Crippen molar-refractivity contribution in [1.82, 2.24) is 9.97 Å². The number of fused-ring (bicyclic) bond motifs is 3. The van der Waals surface area contributed by atoms with Crippen LogP contribution in [0.15, 0.2) is 18.5 Å². The summed E-state index contributed by atoms with van der Waals surface area (Å²) in [7, 11) is 2.18. The number of nitrogen functional groups attached to an aromatic ring is 1. The summed E-state index contributed by atoms with van der Waals surface area (Å²) in [5, 5.41) is 0. The molecule has 6 heteroatoms.